The highest BCUT2D eigenvalue weighted by atomic mass is 16.5. The molecular formula is C14H16N2O. The van der Waals surface area contributed by atoms with E-state index in [9.17, 15) is 0 Å². The van der Waals surface area contributed by atoms with Crippen molar-refractivity contribution in [2.75, 3.05) is 26.7 Å². The number of methoxy groups -OCH3 is 1. The molecule has 1 aromatic carbocycles. The minimum Gasteiger partial charge on any atom is -0.497 e. The third-order valence-corrected chi connectivity index (χ3v) is 3.03. The Morgan fingerprint density at radius 3 is 3.00 bits per heavy atom. The number of rotatable bonds is 3. The monoisotopic (exact) mass is 228 g/mol. The highest BCUT2D eigenvalue weighted by Crippen LogP contribution is 2.25. The lowest BCUT2D eigenvalue weighted by Gasteiger charge is -2.24. The fourth-order valence-electron chi connectivity index (χ4n) is 2.04. The predicted octanol–water partition coefficient (Wildman–Crippen LogP) is 2.31. The van der Waals surface area contributed by atoms with E-state index >= 15 is 0 Å². The van der Waals surface area contributed by atoms with Crippen molar-refractivity contribution in [1.29, 1.82) is 5.26 Å². The van der Waals surface area contributed by atoms with Crippen LogP contribution in [0.5, 0.6) is 5.75 Å². The maximum absolute atomic E-state index is 8.64. The zero-order valence-electron chi connectivity index (χ0n) is 10.0. The van der Waals surface area contributed by atoms with E-state index < -0.39 is 0 Å². The lowest BCUT2D eigenvalue weighted by atomic mass is 9.99. The average Bonchev–Trinajstić information content (AvgIpc) is 2.40. The van der Waals surface area contributed by atoms with Crippen molar-refractivity contribution in [3.63, 3.8) is 0 Å². The average molecular weight is 228 g/mol. The molecule has 1 aliphatic heterocycles. The van der Waals surface area contributed by atoms with Gasteiger partial charge in [-0.25, -0.2) is 0 Å². The van der Waals surface area contributed by atoms with Crippen LogP contribution in [0.3, 0.4) is 0 Å². The first-order valence-electron chi connectivity index (χ1n) is 5.76. The second kappa shape index (κ2) is 5.51. The van der Waals surface area contributed by atoms with Crippen LogP contribution in [-0.4, -0.2) is 31.6 Å². The van der Waals surface area contributed by atoms with Gasteiger partial charge in [-0.2, -0.15) is 5.26 Å². The highest BCUT2D eigenvalue weighted by molar-refractivity contribution is 5.67. The van der Waals surface area contributed by atoms with Crippen LogP contribution in [0.1, 0.15) is 12.0 Å². The van der Waals surface area contributed by atoms with Gasteiger partial charge in [0, 0.05) is 13.1 Å². The molecule has 0 atom stereocenters. The Balaban J connectivity index is 2.11. The number of benzene rings is 1. The molecule has 0 bridgehead atoms. The first-order valence-corrected chi connectivity index (χ1v) is 5.76. The minimum absolute atomic E-state index is 0.516. The van der Waals surface area contributed by atoms with E-state index in [0.29, 0.717) is 6.54 Å². The maximum atomic E-state index is 8.64. The van der Waals surface area contributed by atoms with E-state index in [1.807, 2.05) is 12.1 Å². The topological polar surface area (TPSA) is 36.3 Å². The predicted molar refractivity (Wildman–Crippen MR) is 67.6 cm³/mol. The molecule has 0 radical (unpaired) electrons. The van der Waals surface area contributed by atoms with Gasteiger partial charge in [-0.05, 0) is 29.7 Å². The first-order chi connectivity index (χ1) is 8.33. The number of nitriles is 1. The van der Waals surface area contributed by atoms with Crippen molar-refractivity contribution in [3.05, 3.63) is 35.9 Å². The third kappa shape index (κ3) is 2.86. The summed E-state index contributed by atoms with van der Waals surface area (Å²) in [6.07, 6.45) is 3.20. The van der Waals surface area contributed by atoms with E-state index in [1.165, 1.54) is 11.1 Å². The molecule has 3 heteroatoms. The van der Waals surface area contributed by atoms with Crippen LogP contribution in [0, 0.1) is 11.3 Å². The quantitative estimate of drug-likeness (QED) is 0.745. The second-order valence-electron chi connectivity index (χ2n) is 4.10. The molecule has 0 amide bonds. The Hall–Kier alpha value is -1.79. The maximum Gasteiger partial charge on any atom is 0.119 e. The van der Waals surface area contributed by atoms with Gasteiger partial charge in [0.25, 0.3) is 0 Å². The molecule has 2 rings (SSSR count). The molecule has 1 heterocycles. The van der Waals surface area contributed by atoms with Gasteiger partial charge in [0.1, 0.15) is 5.75 Å². The summed E-state index contributed by atoms with van der Waals surface area (Å²) in [5, 5.41) is 8.64. The largest absolute Gasteiger partial charge is 0.497 e. The summed E-state index contributed by atoms with van der Waals surface area (Å²) < 4.78 is 5.22. The molecule has 0 unspecified atom stereocenters. The number of nitrogens with zero attached hydrogens (tertiary/aromatic N) is 2. The summed E-state index contributed by atoms with van der Waals surface area (Å²) in [7, 11) is 1.68. The Morgan fingerprint density at radius 1 is 1.47 bits per heavy atom. The van der Waals surface area contributed by atoms with Gasteiger partial charge in [-0.1, -0.05) is 18.2 Å². The normalized spacial score (nSPS) is 16.1. The molecular weight excluding hydrogens is 212 g/mol. The Kier molecular flexibility index (Phi) is 3.79. The molecule has 0 aromatic heterocycles. The molecule has 0 N–H and O–H groups in total. The summed E-state index contributed by atoms with van der Waals surface area (Å²) in [5.74, 6) is 0.892. The SMILES string of the molecule is COc1cccc(C2=CCN(CC#N)CC2)c1. The molecule has 3 nitrogen and oxygen atoms in total. The van der Waals surface area contributed by atoms with Crippen molar-refractivity contribution >= 4 is 5.57 Å². The van der Waals surface area contributed by atoms with Crippen molar-refractivity contribution in [2.45, 2.75) is 6.42 Å². The molecule has 17 heavy (non-hydrogen) atoms. The van der Waals surface area contributed by atoms with Crippen LogP contribution in [0.25, 0.3) is 5.57 Å². The van der Waals surface area contributed by atoms with Crippen molar-refractivity contribution in [2.24, 2.45) is 0 Å². The standard InChI is InChI=1S/C14H16N2O/c1-17-14-4-2-3-13(11-14)12-5-8-16(9-6-12)10-7-15/h2-5,11H,6,8-10H2,1H3. The molecule has 1 aromatic rings. The van der Waals surface area contributed by atoms with Gasteiger partial charge in [0.15, 0.2) is 0 Å². The second-order valence-corrected chi connectivity index (χ2v) is 4.10. The van der Waals surface area contributed by atoms with E-state index in [0.717, 1.165) is 25.3 Å². The Bertz CT molecular complexity index is 460. The fraction of sp³-hybridized carbons (Fsp3) is 0.357. The van der Waals surface area contributed by atoms with Crippen molar-refractivity contribution < 1.29 is 4.74 Å². The fourth-order valence-corrected chi connectivity index (χ4v) is 2.04. The number of ether oxygens (including phenoxy) is 1. The zero-order chi connectivity index (χ0) is 12.1. The van der Waals surface area contributed by atoms with E-state index in [4.69, 9.17) is 10.00 Å². The zero-order valence-corrected chi connectivity index (χ0v) is 10.0. The molecule has 0 saturated heterocycles. The lowest BCUT2D eigenvalue weighted by Crippen LogP contribution is -2.28. The summed E-state index contributed by atoms with van der Waals surface area (Å²) in [6, 6.07) is 10.3. The molecule has 1 aliphatic rings. The van der Waals surface area contributed by atoms with Crippen molar-refractivity contribution in [3.8, 4) is 11.8 Å². The van der Waals surface area contributed by atoms with Gasteiger partial charge in [0.05, 0.1) is 19.7 Å². The van der Waals surface area contributed by atoms with Gasteiger partial charge >= 0.3 is 0 Å². The molecule has 88 valence electrons. The van der Waals surface area contributed by atoms with Crippen LogP contribution >= 0.6 is 0 Å². The van der Waals surface area contributed by atoms with Crippen LogP contribution in [0.2, 0.25) is 0 Å². The van der Waals surface area contributed by atoms with Crippen molar-refractivity contribution in [1.82, 2.24) is 4.90 Å². The summed E-state index contributed by atoms with van der Waals surface area (Å²) in [4.78, 5) is 2.14. The van der Waals surface area contributed by atoms with E-state index in [2.05, 4.69) is 29.2 Å². The molecule has 0 fully saturated rings. The number of hydrogen-bond donors (Lipinski definition) is 0. The highest BCUT2D eigenvalue weighted by Gasteiger charge is 2.12. The Morgan fingerprint density at radius 2 is 2.35 bits per heavy atom. The van der Waals surface area contributed by atoms with Crippen LogP contribution in [0.15, 0.2) is 30.3 Å². The van der Waals surface area contributed by atoms with Gasteiger partial charge in [-0.15, -0.1) is 0 Å². The van der Waals surface area contributed by atoms with Crippen LogP contribution in [-0.2, 0) is 0 Å². The van der Waals surface area contributed by atoms with Crippen LogP contribution in [0.4, 0.5) is 0 Å². The molecule has 0 saturated carbocycles. The van der Waals surface area contributed by atoms with Gasteiger partial charge in [0.2, 0.25) is 0 Å². The van der Waals surface area contributed by atoms with E-state index in [1.54, 1.807) is 7.11 Å². The van der Waals surface area contributed by atoms with Crippen LogP contribution < -0.4 is 4.74 Å². The van der Waals surface area contributed by atoms with Gasteiger partial charge in [-0.3, -0.25) is 4.90 Å². The summed E-state index contributed by atoms with van der Waals surface area (Å²) in [6.45, 7) is 2.33. The Labute approximate surface area is 102 Å². The minimum atomic E-state index is 0.516. The molecule has 0 aliphatic carbocycles. The smallest absolute Gasteiger partial charge is 0.119 e. The molecule has 0 spiro atoms. The number of hydrogen-bond acceptors (Lipinski definition) is 3. The summed E-state index contributed by atoms with van der Waals surface area (Å²) in [5.41, 5.74) is 2.57. The van der Waals surface area contributed by atoms with Gasteiger partial charge < -0.3 is 4.74 Å². The first kappa shape index (κ1) is 11.7. The summed E-state index contributed by atoms with van der Waals surface area (Å²) >= 11 is 0. The lowest BCUT2D eigenvalue weighted by molar-refractivity contribution is 0.338. The third-order valence-electron chi connectivity index (χ3n) is 3.03. The van der Waals surface area contributed by atoms with E-state index in [-0.39, 0.29) is 0 Å².